The molecule has 0 amide bonds. The van der Waals surface area contributed by atoms with Crippen LogP contribution >= 0.6 is 7.82 Å². The summed E-state index contributed by atoms with van der Waals surface area (Å²) >= 11 is 0. The molecule has 0 N–H and O–H groups in total. The van der Waals surface area contributed by atoms with E-state index in [1.54, 1.807) is 0 Å². The maximum Gasteiger partial charge on any atom is 0.260 e. The van der Waals surface area contributed by atoms with Gasteiger partial charge in [0.05, 0.1) is 0 Å². The second kappa shape index (κ2) is 4.56. The van der Waals surface area contributed by atoms with E-state index < -0.39 is 7.82 Å². The van der Waals surface area contributed by atoms with Gasteiger partial charge >= 0.3 is 0 Å². The SMILES string of the molecule is O=c1ccc2[n+]([O-])c3ccc(OP(=O)([O-])[O-])cc3oc-2c1. The zero-order chi connectivity index (χ0) is 15.2. The van der Waals surface area contributed by atoms with Gasteiger partial charge in [0.25, 0.3) is 11.2 Å². The lowest BCUT2D eigenvalue weighted by Gasteiger charge is -2.28. The van der Waals surface area contributed by atoms with Crippen LogP contribution in [0, 0.1) is 5.21 Å². The Hall–Kier alpha value is -2.41. The van der Waals surface area contributed by atoms with Crippen molar-refractivity contribution in [2.24, 2.45) is 0 Å². The van der Waals surface area contributed by atoms with Crippen LogP contribution < -0.4 is 24.5 Å². The quantitative estimate of drug-likeness (QED) is 0.276. The van der Waals surface area contributed by atoms with Gasteiger partial charge in [0.15, 0.2) is 5.43 Å². The van der Waals surface area contributed by atoms with E-state index in [1.165, 1.54) is 18.2 Å². The number of phosphoric ester groups is 1. The lowest BCUT2D eigenvalue weighted by Crippen LogP contribution is -2.31. The molecule has 1 heterocycles. The fourth-order valence-corrected chi connectivity index (χ4v) is 2.29. The van der Waals surface area contributed by atoms with Gasteiger partial charge in [-0.05, 0) is 12.1 Å². The van der Waals surface area contributed by atoms with Crippen molar-refractivity contribution in [3.05, 3.63) is 51.8 Å². The molecule has 1 aliphatic heterocycles. The van der Waals surface area contributed by atoms with E-state index in [9.17, 15) is 24.4 Å². The maximum atomic E-state index is 12.1. The molecule has 0 bridgehead atoms. The van der Waals surface area contributed by atoms with Crippen molar-refractivity contribution >= 4 is 18.9 Å². The van der Waals surface area contributed by atoms with Crippen molar-refractivity contribution in [2.45, 2.75) is 0 Å². The Morgan fingerprint density at radius 1 is 1.14 bits per heavy atom. The Labute approximate surface area is 117 Å². The van der Waals surface area contributed by atoms with Crippen molar-refractivity contribution in [3.8, 4) is 17.2 Å². The molecule has 2 aliphatic rings. The number of rotatable bonds is 2. The first-order chi connectivity index (χ1) is 9.83. The lowest BCUT2D eigenvalue weighted by atomic mass is 10.2. The van der Waals surface area contributed by atoms with Gasteiger partial charge in [0.1, 0.15) is 13.6 Å². The van der Waals surface area contributed by atoms with Gasteiger partial charge < -0.3 is 28.5 Å². The monoisotopic (exact) mass is 307 g/mol. The molecule has 1 aromatic carbocycles. The predicted octanol–water partition coefficient (Wildman–Crippen LogP) is -0.261. The highest BCUT2D eigenvalue weighted by molar-refractivity contribution is 7.43. The summed E-state index contributed by atoms with van der Waals surface area (Å²) in [5.41, 5.74) is -0.120. The molecule has 8 nitrogen and oxygen atoms in total. The molecule has 9 heteroatoms. The smallest absolute Gasteiger partial charge is 0.260 e. The summed E-state index contributed by atoms with van der Waals surface area (Å²) < 4.78 is 20.7. The first-order valence-electron chi connectivity index (χ1n) is 5.65. The van der Waals surface area contributed by atoms with Crippen LogP contribution in [-0.2, 0) is 4.57 Å². The molecule has 108 valence electrons. The first kappa shape index (κ1) is 13.6. The Morgan fingerprint density at radius 3 is 2.62 bits per heavy atom. The Kier molecular flexibility index (Phi) is 2.94. The summed E-state index contributed by atoms with van der Waals surface area (Å²) in [6, 6.07) is 7.16. The third-order valence-corrected chi connectivity index (χ3v) is 3.17. The van der Waals surface area contributed by atoms with Crippen LogP contribution in [0.25, 0.3) is 22.6 Å². The van der Waals surface area contributed by atoms with Crippen LogP contribution in [0.15, 0.2) is 45.6 Å². The molecule has 0 unspecified atom stereocenters. The van der Waals surface area contributed by atoms with Gasteiger partial charge in [-0.3, -0.25) is 4.79 Å². The van der Waals surface area contributed by atoms with Crippen molar-refractivity contribution in [3.63, 3.8) is 0 Å². The fraction of sp³-hybridized carbons (Fsp3) is 0. The molecule has 0 spiro atoms. The highest BCUT2D eigenvalue weighted by atomic mass is 31.2. The second-order valence-electron chi connectivity index (χ2n) is 4.19. The van der Waals surface area contributed by atoms with E-state index in [-0.39, 0.29) is 33.7 Å². The zero-order valence-electron chi connectivity index (χ0n) is 10.2. The molecule has 0 radical (unpaired) electrons. The van der Waals surface area contributed by atoms with Crippen LogP contribution in [0.1, 0.15) is 0 Å². The van der Waals surface area contributed by atoms with Crippen molar-refractivity contribution in [1.29, 1.82) is 0 Å². The normalized spacial score (nSPS) is 11.9. The minimum absolute atomic E-state index is 0.0194. The summed E-state index contributed by atoms with van der Waals surface area (Å²) in [6.07, 6.45) is 0. The fourth-order valence-electron chi connectivity index (χ4n) is 1.92. The van der Waals surface area contributed by atoms with Gasteiger partial charge in [0, 0.05) is 24.3 Å². The highest BCUT2D eigenvalue weighted by Crippen LogP contribution is 2.31. The summed E-state index contributed by atoms with van der Waals surface area (Å²) in [7, 11) is -5.21. The van der Waals surface area contributed by atoms with Crippen molar-refractivity contribution < 1.29 is 28.0 Å². The number of nitrogens with zero attached hydrogens (tertiary/aromatic N) is 1. The zero-order valence-corrected chi connectivity index (χ0v) is 11.1. The lowest BCUT2D eigenvalue weighted by molar-refractivity contribution is -0.566. The third-order valence-electron chi connectivity index (χ3n) is 2.74. The summed E-state index contributed by atoms with van der Waals surface area (Å²) in [5.74, 6) is -0.244. The van der Waals surface area contributed by atoms with Gasteiger partial charge in [-0.2, -0.15) is 4.73 Å². The van der Waals surface area contributed by atoms with E-state index in [1.807, 2.05) is 0 Å². The molecule has 0 aromatic heterocycles. The molecule has 21 heavy (non-hydrogen) atoms. The summed E-state index contributed by atoms with van der Waals surface area (Å²) in [5, 5.41) is 12.1. The molecule has 1 aromatic rings. The number of aromatic nitrogens is 1. The second-order valence-corrected chi connectivity index (χ2v) is 5.27. The topological polar surface area (TPSA) is 130 Å². The van der Waals surface area contributed by atoms with Gasteiger partial charge in [-0.25, -0.2) is 0 Å². The molecule has 0 saturated heterocycles. The van der Waals surface area contributed by atoms with Gasteiger partial charge in [-0.1, -0.05) is 0 Å². The standard InChI is InChI=1S/C12H8NO7P/c14-7-1-3-9-11(5-7)19-12-6-8(20-21(16,17)18)2-4-10(12)13(9)15/h1-6H,(H2,16,17,18)/p-2. The largest absolute Gasteiger partial charge is 0.780 e. The van der Waals surface area contributed by atoms with Crippen molar-refractivity contribution in [2.75, 3.05) is 0 Å². The van der Waals surface area contributed by atoms with Crippen molar-refractivity contribution in [1.82, 2.24) is 0 Å². The van der Waals surface area contributed by atoms with E-state index in [0.29, 0.717) is 4.73 Å². The van der Waals surface area contributed by atoms with Crippen LogP contribution in [-0.4, -0.2) is 0 Å². The summed E-state index contributed by atoms with van der Waals surface area (Å²) in [4.78, 5) is 32.4. The molecular formula is C12H6NO7P-2. The number of benzene rings is 2. The van der Waals surface area contributed by atoms with E-state index >= 15 is 0 Å². The van der Waals surface area contributed by atoms with Gasteiger partial charge in [0.2, 0.25) is 11.3 Å². The average molecular weight is 307 g/mol. The van der Waals surface area contributed by atoms with Crippen LogP contribution in [0.2, 0.25) is 0 Å². The molecule has 1 aliphatic carbocycles. The average Bonchev–Trinajstić information content (AvgIpc) is 2.36. The minimum Gasteiger partial charge on any atom is -0.780 e. The van der Waals surface area contributed by atoms with Crippen LogP contribution in [0.4, 0.5) is 0 Å². The Morgan fingerprint density at radius 2 is 1.90 bits per heavy atom. The molecule has 3 rings (SSSR count). The molecule has 0 saturated carbocycles. The van der Waals surface area contributed by atoms with E-state index in [4.69, 9.17) is 4.42 Å². The number of fused-ring (bicyclic) bond motifs is 2. The number of phosphoric acid groups is 1. The molecule has 0 fully saturated rings. The maximum absolute atomic E-state index is 12.1. The van der Waals surface area contributed by atoms with Crippen LogP contribution in [0.5, 0.6) is 5.75 Å². The Balaban J connectivity index is 2.26. The molecule has 0 atom stereocenters. The first-order valence-corrected chi connectivity index (χ1v) is 7.11. The number of hydrogen-bond donors (Lipinski definition) is 0. The predicted molar refractivity (Wildman–Crippen MR) is 66.3 cm³/mol. The number of hydrogen-bond acceptors (Lipinski definition) is 7. The molecular weight excluding hydrogens is 301 g/mol. The van der Waals surface area contributed by atoms with E-state index in [2.05, 4.69) is 4.52 Å². The summed E-state index contributed by atoms with van der Waals surface area (Å²) in [6.45, 7) is 0. The highest BCUT2D eigenvalue weighted by Gasteiger charge is 2.19. The van der Waals surface area contributed by atoms with Gasteiger partial charge in [-0.15, -0.1) is 0 Å². The third kappa shape index (κ3) is 2.59. The van der Waals surface area contributed by atoms with Crippen LogP contribution in [0.3, 0.4) is 0 Å². The van der Waals surface area contributed by atoms with E-state index in [0.717, 1.165) is 18.2 Å². The minimum atomic E-state index is -5.21. The Bertz CT molecular complexity index is 913.